The molecule has 0 N–H and O–H groups in total. The van der Waals surface area contributed by atoms with Gasteiger partial charge < -0.3 is 14.6 Å². The number of unbranched alkanes of at least 4 members (excludes halogenated alkanes) is 2. The van der Waals surface area contributed by atoms with E-state index in [4.69, 9.17) is 4.84 Å². The van der Waals surface area contributed by atoms with Crippen LogP contribution < -0.4 is 9.80 Å². The molecule has 7 heteroatoms. The molecule has 5 rings (SSSR count). The third-order valence-electron chi connectivity index (χ3n) is 9.77. The summed E-state index contributed by atoms with van der Waals surface area (Å²) in [5.41, 5.74) is 5.97. The minimum Gasteiger partial charge on any atom is -0.362 e. The van der Waals surface area contributed by atoms with Crippen LogP contribution in [0, 0.1) is 0 Å². The van der Waals surface area contributed by atoms with Gasteiger partial charge in [0.2, 0.25) is 0 Å². The van der Waals surface area contributed by atoms with Gasteiger partial charge in [0, 0.05) is 60.8 Å². The first-order chi connectivity index (χ1) is 19.9. The van der Waals surface area contributed by atoms with Crippen LogP contribution in [0.5, 0.6) is 0 Å². The number of rotatable bonds is 9. The number of hydrogen-bond acceptors (Lipinski definition) is 6. The molecule has 3 aliphatic rings. The number of hydroxylamine groups is 2. The quantitative estimate of drug-likeness (QED) is 0.251. The number of carbonyl (C=O) groups is 3. The molecule has 3 heterocycles. The van der Waals surface area contributed by atoms with Crippen LogP contribution in [0.15, 0.2) is 72.5 Å². The molecular weight excluding hydrogens is 526 g/mol. The molecule has 2 aromatic rings. The highest BCUT2D eigenvalue weighted by molar-refractivity contribution is 6.01. The molecule has 0 saturated carbocycles. The van der Waals surface area contributed by atoms with Gasteiger partial charge in [-0.25, -0.2) is 4.79 Å². The third-order valence-corrected chi connectivity index (χ3v) is 9.77. The van der Waals surface area contributed by atoms with Crippen molar-refractivity contribution in [3.05, 3.63) is 83.6 Å². The number of para-hydroxylation sites is 2. The van der Waals surface area contributed by atoms with E-state index in [1.165, 1.54) is 28.2 Å². The molecule has 222 valence electrons. The van der Waals surface area contributed by atoms with Crippen molar-refractivity contribution in [1.82, 2.24) is 5.06 Å². The van der Waals surface area contributed by atoms with Crippen LogP contribution in [0.1, 0.15) is 84.3 Å². The molecule has 42 heavy (non-hydrogen) atoms. The standard InChI is InChI=1S/C35H43N3O4/c1-33(2)25-15-9-11-17-27(25)36(6)29(33)19-14-23-35(5)34(3,4)26-16-10-12-18-28(26)37(35)24-13-7-8-20-32(41)42-38-30(39)21-22-31(38)40/h9-12,14-19,23H,7-8,13,20-22,24H2,1-6H3/b23-14+,29-19+. The van der Waals surface area contributed by atoms with Crippen LogP contribution in [-0.4, -0.2) is 42.0 Å². The summed E-state index contributed by atoms with van der Waals surface area (Å²) in [5, 5.41) is 0.627. The average Bonchev–Trinajstić information content (AvgIpc) is 3.44. The van der Waals surface area contributed by atoms with Crippen LogP contribution in [0.4, 0.5) is 11.4 Å². The smallest absolute Gasteiger partial charge is 0.333 e. The molecule has 0 radical (unpaired) electrons. The van der Waals surface area contributed by atoms with Crippen molar-refractivity contribution in [2.45, 2.75) is 89.5 Å². The van der Waals surface area contributed by atoms with Crippen molar-refractivity contribution < 1.29 is 19.2 Å². The fraction of sp³-hybridized carbons (Fsp3) is 0.457. The molecule has 0 bridgehead atoms. The first-order valence-corrected chi connectivity index (χ1v) is 15.1. The van der Waals surface area contributed by atoms with Gasteiger partial charge in [-0.3, -0.25) is 9.59 Å². The average molecular weight is 570 g/mol. The van der Waals surface area contributed by atoms with Crippen LogP contribution in [0.3, 0.4) is 0 Å². The lowest BCUT2D eigenvalue weighted by Gasteiger charge is -2.43. The van der Waals surface area contributed by atoms with Gasteiger partial charge in [-0.1, -0.05) is 82.7 Å². The molecule has 7 nitrogen and oxygen atoms in total. The number of imide groups is 1. The molecule has 1 saturated heterocycles. The molecule has 2 amide bonds. The topological polar surface area (TPSA) is 70.2 Å². The van der Waals surface area contributed by atoms with E-state index in [0.29, 0.717) is 11.5 Å². The minimum atomic E-state index is -0.533. The molecule has 0 aromatic heterocycles. The predicted octanol–water partition coefficient (Wildman–Crippen LogP) is 6.58. The number of hydrogen-bond donors (Lipinski definition) is 0. The summed E-state index contributed by atoms with van der Waals surface area (Å²) >= 11 is 0. The van der Waals surface area contributed by atoms with E-state index in [9.17, 15) is 14.4 Å². The van der Waals surface area contributed by atoms with Crippen molar-refractivity contribution in [2.75, 3.05) is 23.4 Å². The Balaban J connectivity index is 1.28. The largest absolute Gasteiger partial charge is 0.362 e. The van der Waals surface area contributed by atoms with E-state index < -0.39 is 17.8 Å². The van der Waals surface area contributed by atoms with Crippen molar-refractivity contribution in [2.24, 2.45) is 0 Å². The van der Waals surface area contributed by atoms with Gasteiger partial charge in [0.05, 0.1) is 5.54 Å². The zero-order chi connectivity index (χ0) is 30.3. The Morgan fingerprint density at radius 2 is 1.48 bits per heavy atom. The number of fused-ring (bicyclic) bond motifs is 2. The normalized spacial score (nSPS) is 23.3. The first kappa shape index (κ1) is 29.6. The van der Waals surface area contributed by atoms with Crippen molar-refractivity contribution in [1.29, 1.82) is 0 Å². The van der Waals surface area contributed by atoms with E-state index in [2.05, 4.69) is 118 Å². The van der Waals surface area contributed by atoms with Crippen LogP contribution in [0.2, 0.25) is 0 Å². The Hall–Kier alpha value is -3.87. The third kappa shape index (κ3) is 4.93. The summed E-state index contributed by atoms with van der Waals surface area (Å²) in [7, 11) is 2.15. The lowest BCUT2D eigenvalue weighted by atomic mass is 9.71. The molecule has 0 aliphatic carbocycles. The molecule has 1 unspecified atom stereocenters. The van der Waals surface area contributed by atoms with E-state index >= 15 is 0 Å². The zero-order valence-electron chi connectivity index (χ0n) is 25.8. The highest BCUT2D eigenvalue weighted by Gasteiger charge is 2.51. The summed E-state index contributed by atoms with van der Waals surface area (Å²) in [5.74, 6) is -1.42. The van der Waals surface area contributed by atoms with E-state index in [1.54, 1.807) is 0 Å². The summed E-state index contributed by atoms with van der Waals surface area (Å²) in [6.45, 7) is 12.4. The Morgan fingerprint density at radius 3 is 2.14 bits per heavy atom. The molecule has 1 fully saturated rings. The predicted molar refractivity (Wildman–Crippen MR) is 166 cm³/mol. The number of amides is 2. The molecule has 0 spiro atoms. The number of likely N-dealkylation sites (N-methyl/N-ethyl adjacent to an activating group) is 1. The van der Waals surface area contributed by atoms with E-state index in [0.717, 1.165) is 19.4 Å². The second-order valence-electron chi connectivity index (χ2n) is 12.9. The fourth-order valence-corrected chi connectivity index (χ4v) is 6.90. The summed E-state index contributed by atoms with van der Waals surface area (Å²) in [4.78, 5) is 45.5. The highest BCUT2D eigenvalue weighted by atomic mass is 16.7. The van der Waals surface area contributed by atoms with Gasteiger partial charge in [0.15, 0.2) is 0 Å². The first-order valence-electron chi connectivity index (χ1n) is 15.1. The molecule has 1 atom stereocenters. The van der Waals surface area contributed by atoms with Crippen molar-refractivity contribution in [3.63, 3.8) is 0 Å². The van der Waals surface area contributed by atoms with Gasteiger partial charge in [-0.2, -0.15) is 0 Å². The lowest BCUT2D eigenvalue weighted by Crippen LogP contribution is -2.52. The second kappa shape index (κ2) is 11.1. The maximum absolute atomic E-state index is 12.2. The maximum Gasteiger partial charge on any atom is 0.333 e. The Labute approximate surface area is 249 Å². The number of nitrogens with zero attached hydrogens (tertiary/aromatic N) is 3. The number of carbonyl (C=O) groups excluding carboxylic acids is 3. The highest BCUT2D eigenvalue weighted by Crippen LogP contribution is 2.52. The zero-order valence-corrected chi connectivity index (χ0v) is 25.8. The SMILES string of the molecule is CN1/C(=C/C=C/C2(C)N(CCCCCC(=O)ON3C(=O)CCC3=O)c3ccccc3C2(C)C)C(C)(C)c2ccccc21. The molecular formula is C35H43N3O4. The van der Waals surface area contributed by atoms with Gasteiger partial charge >= 0.3 is 5.97 Å². The van der Waals surface area contributed by atoms with Crippen LogP contribution in [0.25, 0.3) is 0 Å². The lowest BCUT2D eigenvalue weighted by molar-refractivity contribution is -0.197. The second-order valence-corrected chi connectivity index (χ2v) is 12.9. The van der Waals surface area contributed by atoms with Gasteiger partial charge in [0.25, 0.3) is 11.8 Å². The van der Waals surface area contributed by atoms with Crippen LogP contribution >= 0.6 is 0 Å². The van der Waals surface area contributed by atoms with E-state index in [-0.39, 0.29) is 35.6 Å². The summed E-state index contributed by atoms with van der Waals surface area (Å²) in [6, 6.07) is 17.3. The summed E-state index contributed by atoms with van der Waals surface area (Å²) in [6.07, 6.45) is 9.60. The Bertz CT molecular complexity index is 1440. The summed E-state index contributed by atoms with van der Waals surface area (Å²) < 4.78 is 0. The number of benzene rings is 2. The van der Waals surface area contributed by atoms with Crippen molar-refractivity contribution in [3.8, 4) is 0 Å². The molecule has 3 aliphatic heterocycles. The van der Waals surface area contributed by atoms with Crippen molar-refractivity contribution >= 4 is 29.2 Å². The Kier molecular flexibility index (Phi) is 7.82. The van der Waals surface area contributed by atoms with Gasteiger partial charge in [0.1, 0.15) is 0 Å². The number of anilines is 2. The van der Waals surface area contributed by atoms with Gasteiger partial charge in [-0.05, 0) is 49.1 Å². The Morgan fingerprint density at radius 1 is 0.857 bits per heavy atom. The molecule has 2 aromatic carbocycles. The fourth-order valence-electron chi connectivity index (χ4n) is 6.90. The minimum absolute atomic E-state index is 0.0824. The van der Waals surface area contributed by atoms with Gasteiger partial charge in [-0.15, -0.1) is 5.06 Å². The maximum atomic E-state index is 12.2. The number of allylic oxidation sites excluding steroid dienone is 3. The monoisotopic (exact) mass is 569 g/mol. The van der Waals surface area contributed by atoms with Crippen LogP contribution in [-0.2, 0) is 30.1 Å². The van der Waals surface area contributed by atoms with E-state index in [1.807, 2.05) is 0 Å².